The Hall–Kier alpha value is -1.34. The SMILES string of the molecule is Cc1cc(C(Cl)c2ccccc2C)ccc1F. The average Bonchev–Trinajstić information content (AvgIpc) is 2.32. The Morgan fingerprint density at radius 3 is 2.35 bits per heavy atom. The molecule has 0 aliphatic carbocycles. The van der Waals surface area contributed by atoms with Gasteiger partial charge in [-0.15, -0.1) is 11.6 Å². The van der Waals surface area contributed by atoms with Gasteiger partial charge in [0.15, 0.2) is 0 Å². The molecule has 2 rings (SSSR count). The summed E-state index contributed by atoms with van der Waals surface area (Å²) < 4.78 is 13.2. The third-order valence-corrected chi connectivity index (χ3v) is 3.42. The van der Waals surface area contributed by atoms with Crippen molar-refractivity contribution >= 4 is 11.6 Å². The van der Waals surface area contributed by atoms with Crippen LogP contribution in [0.2, 0.25) is 0 Å². The van der Waals surface area contributed by atoms with Gasteiger partial charge in [0.1, 0.15) is 5.82 Å². The van der Waals surface area contributed by atoms with Crippen LogP contribution in [0.15, 0.2) is 42.5 Å². The third kappa shape index (κ3) is 2.50. The fourth-order valence-corrected chi connectivity index (χ4v) is 2.26. The number of hydrogen-bond donors (Lipinski definition) is 0. The first-order chi connectivity index (χ1) is 8.09. The van der Waals surface area contributed by atoms with E-state index in [1.54, 1.807) is 19.1 Å². The van der Waals surface area contributed by atoms with Crippen LogP contribution in [-0.2, 0) is 0 Å². The molecule has 2 aromatic carbocycles. The fraction of sp³-hybridized carbons (Fsp3) is 0.200. The lowest BCUT2D eigenvalue weighted by Gasteiger charge is -2.13. The predicted molar refractivity (Wildman–Crippen MR) is 70.0 cm³/mol. The Kier molecular flexibility index (Phi) is 3.49. The summed E-state index contributed by atoms with van der Waals surface area (Å²) >= 11 is 6.44. The van der Waals surface area contributed by atoms with Gasteiger partial charge < -0.3 is 0 Å². The van der Waals surface area contributed by atoms with E-state index in [2.05, 4.69) is 0 Å². The molecule has 88 valence electrons. The number of alkyl halides is 1. The highest BCUT2D eigenvalue weighted by molar-refractivity contribution is 6.22. The summed E-state index contributed by atoms with van der Waals surface area (Å²) in [6, 6.07) is 13.0. The van der Waals surface area contributed by atoms with E-state index in [4.69, 9.17) is 11.6 Å². The molecule has 0 aliphatic rings. The lowest BCUT2D eigenvalue weighted by molar-refractivity contribution is 0.617. The zero-order valence-electron chi connectivity index (χ0n) is 9.87. The van der Waals surface area contributed by atoms with Gasteiger partial charge in [-0.3, -0.25) is 0 Å². The maximum Gasteiger partial charge on any atom is 0.126 e. The minimum absolute atomic E-state index is 0.192. The lowest BCUT2D eigenvalue weighted by atomic mass is 9.99. The Morgan fingerprint density at radius 1 is 1.00 bits per heavy atom. The summed E-state index contributed by atoms with van der Waals surface area (Å²) in [5.74, 6) is -0.192. The van der Waals surface area contributed by atoms with Gasteiger partial charge in [-0.1, -0.05) is 36.4 Å². The maximum absolute atomic E-state index is 13.2. The quantitative estimate of drug-likeness (QED) is 0.672. The minimum Gasteiger partial charge on any atom is -0.207 e. The van der Waals surface area contributed by atoms with Crippen LogP contribution in [0.3, 0.4) is 0 Å². The van der Waals surface area contributed by atoms with Crippen LogP contribution in [0.4, 0.5) is 4.39 Å². The number of aryl methyl sites for hydroxylation is 2. The van der Waals surface area contributed by atoms with Crippen LogP contribution >= 0.6 is 11.6 Å². The third-order valence-electron chi connectivity index (χ3n) is 2.94. The van der Waals surface area contributed by atoms with Crippen LogP contribution < -0.4 is 0 Å². The molecule has 0 bridgehead atoms. The van der Waals surface area contributed by atoms with E-state index in [0.717, 1.165) is 16.7 Å². The molecule has 0 amide bonds. The maximum atomic E-state index is 13.2. The Labute approximate surface area is 106 Å². The Morgan fingerprint density at radius 2 is 1.71 bits per heavy atom. The van der Waals surface area contributed by atoms with E-state index in [9.17, 15) is 4.39 Å². The standard InChI is InChI=1S/C15H14ClF/c1-10-5-3-4-6-13(10)15(16)12-7-8-14(17)11(2)9-12/h3-9,15H,1-2H3. The summed E-state index contributed by atoms with van der Waals surface area (Å²) in [5, 5.41) is -0.226. The van der Waals surface area contributed by atoms with Crippen LogP contribution in [0.25, 0.3) is 0 Å². The van der Waals surface area contributed by atoms with Gasteiger partial charge in [0.25, 0.3) is 0 Å². The summed E-state index contributed by atoms with van der Waals surface area (Å²) in [6.45, 7) is 3.78. The van der Waals surface area contributed by atoms with Crippen molar-refractivity contribution in [1.29, 1.82) is 0 Å². The van der Waals surface area contributed by atoms with Crippen molar-refractivity contribution in [2.24, 2.45) is 0 Å². The van der Waals surface area contributed by atoms with Crippen molar-refractivity contribution in [3.8, 4) is 0 Å². The molecule has 0 fully saturated rings. The van der Waals surface area contributed by atoms with Crippen LogP contribution in [0.1, 0.15) is 27.6 Å². The molecule has 0 saturated heterocycles. The second-order valence-electron chi connectivity index (χ2n) is 4.23. The zero-order chi connectivity index (χ0) is 12.4. The van der Waals surface area contributed by atoms with Gasteiger partial charge >= 0.3 is 0 Å². The van der Waals surface area contributed by atoms with Crippen molar-refractivity contribution < 1.29 is 4.39 Å². The number of rotatable bonds is 2. The number of halogens is 2. The van der Waals surface area contributed by atoms with Gasteiger partial charge in [0, 0.05) is 0 Å². The summed E-state index contributed by atoms with van der Waals surface area (Å²) in [5.41, 5.74) is 3.77. The number of benzene rings is 2. The molecule has 0 aromatic heterocycles. The van der Waals surface area contributed by atoms with Gasteiger partial charge in [-0.2, -0.15) is 0 Å². The predicted octanol–water partition coefficient (Wildman–Crippen LogP) is 4.77. The molecule has 0 radical (unpaired) electrons. The molecule has 2 heteroatoms. The van der Waals surface area contributed by atoms with Crippen LogP contribution in [0.5, 0.6) is 0 Å². The van der Waals surface area contributed by atoms with E-state index in [1.165, 1.54) is 6.07 Å². The average molecular weight is 249 g/mol. The molecule has 0 spiro atoms. The highest BCUT2D eigenvalue weighted by Gasteiger charge is 2.13. The molecular weight excluding hydrogens is 235 g/mol. The fourth-order valence-electron chi connectivity index (χ4n) is 1.88. The normalized spacial score (nSPS) is 12.5. The van der Waals surface area contributed by atoms with Gasteiger partial charge in [-0.25, -0.2) is 4.39 Å². The minimum atomic E-state index is -0.226. The van der Waals surface area contributed by atoms with Gasteiger partial charge in [0.2, 0.25) is 0 Å². The van der Waals surface area contributed by atoms with Crippen LogP contribution in [0, 0.1) is 19.7 Å². The first kappa shape index (κ1) is 12.1. The van der Waals surface area contributed by atoms with E-state index in [-0.39, 0.29) is 11.2 Å². The van der Waals surface area contributed by atoms with E-state index >= 15 is 0 Å². The molecule has 0 nitrogen and oxygen atoms in total. The van der Waals surface area contributed by atoms with Crippen molar-refractivity contribution in [3.63, 3.8) is 0 Å². The highest BCUT2D eigenvalue weighted by Crippen LogP contribution is 2.31. The number of hydrogen-bond acceptors (Lipinski definition) is 0. The monoisotopic (exact) mass is 248 g/mol. The molecule has 0 aliphatic heterocycles. The molecule has 17 heavy (non-hydrogen) atoms. The van der Waals surface area contributed by atoms with Crippen molar-refractivity contribution in [1.82, 2.24) is 0 Å². The topological polar surface area (TPSA) is 0 Å². The van der Waals surface area contributed by atoms with Crippen molar-refractivity contribution in [2.45, 2.75) is 19.2 Å². The highest BCUT2D eigenvalue weighted by atomic mass is 35.5. The largest absolute Gasteiger partial charge is 0.207 e. The first-order valence-electron chi connectivity index (χ1n) is 5.55. The molecule has 1 unspecified atom stereocenters. The van der Waals surface area contributed by atoms with Crippen molar-refractivity contribution in [3.05, 3.63) is 70.5 Å². The Balaban J connectivity index is 2.40. The van der Waals surface area contributed by atoms with Crippen molar-refractivity contribution in [2.75, 3.05) is 0 Å². The second-order valence-corrected chi connectivity index (χ2v) is 4.66. The zero-order valence-corrected chi connectivity index (χ0v) is 10.6. The second kappa shape index (κ2) is 4.89. The molecule has 0 N–H and O–H groups in total. The molecule has 1 atom stereocenters. The van der Waals surface area contributed by atoms with E-state index < -0.39 is 0 Å². The summed E-state index contributed by atoms with van der Waals surface area (Å²) in [7, 11) is 0. The van der Waals surface area contributed by atoms with Crippen LogP contribution in [-0.4, -0.2) is 0 Å². The van der Waals surface area contributed by atoms with E-state index in [0.29, 0.717) is 5.56 Å². The van der Waals surface area contributed by atoms with Gasteiger partial charge in [0.05, 0.1) is 5.38 Å². The summed E-state index contributed by atoms with van der Waals surface area (Å²) in [4.78, 5) is 0. The Bertz CT molecular complexity index is 534. The van der Waals surface area contributed by atoms with E-state index in [1.807, 2.05) is 31.2 Å². The lowest BCUT2D eigenvalue weighted by Crippen LogP contribution is -1.97. The molecule has 0 heterocycles. The van der Waals surface area contributed by atoms with Gasteiger partial charge in [-0.05, 0) is 42.2 Å². The molecule has 2 aromatic rings. The smallest absolute Gasteiger partial charge is 0.126 e. The first-order valence-corrected chi connectivity index (χ1v) is 5.99. The molecule has 0 saturated carbocycles. The summed E-state index contributed by atoms with van der Waals surface area (Å²) in [6.07, 6.45) is 0. The molecular formula is C15H14ClF.